The van der Waals surface area contributed by atoms with Crippen LogP contribution in [0.25, 0.3) is 11.5 Å². The van der Waals surface area contributed by atoms with E-state index in [4.69, 9.17) is 16.0 Å². The fourth-order valence-corrected chi connectivity index (χ4v) is 2.98. The van der Waals surface area contributed by atoms with Gasteiger partial charge in [-0.15, -0.1) is 10.2 Å². The van der Waals surface area contributed by atoms with E-state index in [1.807, 2.05) is 19.1 Å². The molecule has 0 bridgehead atoms. The monoisotopic (exact) mass is 353 g/mol. The third-order valence-electron chi connectivity index (χ3n) is 3.99. The highest BCUT2D eigenvalue weighted by molar-refractivity contribution is 6.52. The number of halogens is 1. The molecule has 0 aliphatic carbocycles. The average Bonchev–Trinajstić information content (AvgIpc) is 3.15. The summed E-state index contributed by atoms with van der Waals surface area (Å²) in [7, 11) is 0. The van der Waals surface area contributed by atoms with Crippen LogP contribution in [0.2, 0.25) is 5.02 Å². The topological polar surface area (TPSA) is 76.3 Å². The molecule has 0 fully saturated rings. The van der Waals surface area contributed by atoms with Crippen molar-refractivity contribution in [2.24, 2.45) is 0 Å². The molecule has 0 N–H and O–H groups in total. The Morgan fingerprint density at radius 3 is 2.68 bits per heavy atom. The normalized spacial score (nSPS) is 13.4. The molecule has 6 nitrogen and oxygen atoms in total. The summed E-state index contributed by atoms with van der Waals surface area (Å²) in [6.45, 7) is 1.90. The summed E-state index contributed by atoms with van der Waals surface area (Å²) in [6, 6.07) is 12.4. The highest BCUT2D eigenvalue weighted by Gasteiger charge is 2.36. The predicted molar refractivity (Wildman–Crippen MR) is 91.4 cm³/mol. The van der Waals surface area contributed by atoms with Gasteiger partial charge in [-0.1, -0.05) is 35.4 Å². The van der Waals surface area contributed by atoms with Crippen LogP contribution in [0.5, 0.6) is 0 Å². The summed E-state index contributed by atoms with van der Waals surface area (Å²) in [5, 5.41) is 8.44. The number of benzene rings is 2. The maximum absolute atomic E-state index is 12.3. The lowest BCUT2D eigenvalue weighted by molar-refractivity contribution is -0.114. The van der Waals surface area contributed by atoms with Gasteiger partial charge in [0.05, 0.1) is 21.8 Å². The zero-order chi connectivity index (χ0) is 17.6. The lowest BCUT2D eigenvalue weighted by atomic mass is 10.1. The van der Waals surface area contributed by atoms with Gasteiger partial charge in [-0.2, -0.15) is 0 Å². The largest absolute Gasteiger partial charge is 0.419 e. The smallest absolute Gasteiger partial charge is 0.299 e. The molecule has 0 radical (unpaired) electrons. The van der Waals surface area contributed by atoms with E-state index >= 15 is 0 Å². The van der Waals surface area contributed by atoms with Crippen molar-refractivity contribution in [3.8, 4) is 11.5 Å². The van der Waals surface area contributed by atoms with Gasteiger partial charge >= 0.3 is 0 Å². The van der Waals surface area contributed by atoms with E-state index in [1.54, 1.807) is 30.3 Å². The van der Waals surface area contributed by atoms with Crippen LogP contribution < -0.4 is 4.90 Å². The second kappa shape index (κ2) is 5.82. The van der Waals surface area contributed by atoms with E-state index in [0.717, 1.165) is 5.56 Å². The first-order valence-electron chi connectivity index (χ1n) is 7.59. The quantitative estimate of drug-likeness (QED) is 0.674. The molecule has 25 heavy (non-hydrogen) atoms. The van der Waals surface area contributed by atoms with E-state index in [0.29, 0.717) is 21.8 Å². The molecule has 1 amide bonds. The molecule has 1 aromatic heterocycles. The number of Topliss-reactive ketones (excluding diaryl/α,β-unsaturated/α-hetero) is 1. The van der Waals surface area contributed by atoms with E-state index in [2.05, 4.69) is 10.2 Å². The SMILES string of the molecule is Cc1ccc2c(c1)C(=O)C(=O)N2Cc1nnc(-c2ccccc2Cl)o1. The summed E-state index contributed by atoms with van der Waals surface area (Å²) >= 11 is 6.13. The average molecular weight is 354 g/mol. The van der Waals surface area contributed by atoms with Crippen molar-refractivity contribution in [1.82, 2.24) is 10.2 Å². The number of rotatable bonds is 3. The Hall–Kier alpha value is -2.99. The molecule has 0 saturated carbocycles. The second-order valence-corrected chi connectivity index (χ2v) is 6.13. The third-order valence-corrected chi connectivity index (χ3v) is 4.32. The van der Waals surface area contributed by atoms with Crippen LogP contribution in [-0.4, -0.2) is 21.9 Å². The summed E-state index contributed by atoms with van der Waals surface area (Å²) in [5.41, 5.74) is 2.48. The first-order valence-corrected chi connectivity index (χ1v) is 7.96. The van der Waals surface area contributed by atoms with E-state index < -0.39 is 11.7 Å². The second-order valence-electron chi connectivity index (χ2n) is 5.72. The maximum Gasteiger partial charge on any atom is 0.299 e. The van der Waals surface area contributed by atoms with Crippen molar-refractivity contribution >= 4 is 29.0 Å². The number of aromatic nitrogens is 2. The van der Waals surface area contributed by atoms with Crippen molar-refractivity contribution in [2.75, 3.05) is 4.90 Å². The number of nitrogens with zero attached hydrogens (tertiary/aromatic N) is 3. The van der Waals surface area contributed by atoms with Gasteiger partial charge in [0, 0.05) is 0 Å². The van der Waals surface area contributed by atoms with Crippen molar-refractivity contribution in [1.29, 1.82) is 0 Å². The zero-order valence-electron chi connectivity index (χ0n) is 13.2. The number of anilines is 1. The van der Waals surface area contributed by atoms with Crippen LogP contribution in [0.1, 0.15) is 21.8 Å². The molecule has 2 aromatic carbocycles. The molecule has 4 rings (SSSR count). The van der Waals surface area contributed by atoms with Gasteiger partial charge < -0.3 is 4.42 Å². The molecular weight excluding hydrogens is 342 g/mol. The molecule has 7 heteroatoms. The minimum Gasteiger partial charge on any atom is -0.419 e. The van der Waals surface area contributed by atoms with Gasteiger partial charge in [0.25, 0.3) is 11.7 Å². The van der Waals surface area contributed by atoms with Gasteiger partial charge in [0.2, 0.25) is 11.8 Å². The number of carbonyl (C=O) groups excluding carboxylic acids is 2. The van der Waals surface area contributed by atoms with Gasteiger partial charge in [-0.25, -0.2) is 0 Å². The summed E-state index contributed by atoms with van der Waals surface area (Å²) in [4.78, 5) is 25.8. The van der Waals surface area contributed by atoms with Crippen LogP contribution in [-0.2, 0) is 11.3 Å². The number of amides is 1. The fraction of sp³-hybridized carbons (Fsp3) is 0.111. The molecule has 0 saturated heterocycles. The van der Waals surface area contributed by atoms with Crippen LogP contribution >= 0.6 is 11.6 Å². The first kappa shape index (κ1) is 15.5. The standard InChI is InChI=1S/C18H12ClN3O3/c1-10-6-7-14-12(8-10)16(23)18(24)22(14)9-15-20-21-17(25-15)11-4-2-3-5-13(11)19/h2-8H,9H2,1H3. The Balaban J connectivity index is 1.65. The van der Waals surface area contributed by atoms with E-state index in [1.165, 1.54) is 4.90 Å². The molecule has 1 aliphatic heterocycles. The Labute approximate surface area is 148 Å². The van der Waals surface area contributed by atoms with Crippen LogP contribution in [0.4, 0.5) is 5.69 Å². The van der Waals surface area contributed by atoms with Gasteiger partial charge in [0.1, 0.15) is 6.54 Å². The summed E-state index contributed by atoms with van der Waals surface area (Å²) in [6.07, 6.45) is 0. The minimum absolute atomic E-state index is 0.0259. The third kappa shape index (κ3) is 2.60. The van der Waals surface area contributed by atoms with Crippen molar-refractivity contribution in [2.45, 2.75) is 13.5 Å². The van der Waals surface area contributed by atoms with Gasteiger partial charge in [-0.05, 0) is 31.2 Å². The summed E-state index contributed by atoms with van der Waals surface area (Å²) in [5.74, 6) is -0.630. The predicted octanol–water partition coefficient (Wildman–Crippen LogP) is 3.43. The minimum atomic E-state index is -0.599. The lowest BCUT2D eigenvalue weighted by Gasteiger charge is -2.13. The lowest BCUT2D eigenvalue weighted by Crippen LogP contribution is -2.29. The molecule has 124 valence electrons. The van der Waals surface area contributed by atoms with Crippen LogP contribution in [0.3, 0.4) is 0 Å². The number of carbonyl (C=O) groups is 2. The van der Waals surface area contributed by atoms with Crippen molar-refractivity contribution in [3.05, 3.63) is 64.5 Å². The maximum atomic E-state index is 12.3. The number of aryl methyl sites for hydroxylation is 1. The molecule has 2 heterocycles. The number of fused-ring (bicyclic) bond motifs is 1. The van der Waals surface area contributed by atoms with Crippen molar-refractivity contribution in [3.63, 3.8) is 0 Å². The highest BCUT2D eigenvalue weighted by Crippen LogP contribution is 2.32. The van der Waals surface area contributed by atoms with Gasteiger partial charge in [-0.3, -0.25) is 14.5 Å². The van der Waals surface area contributed by atoms with Crippen LogP contribution in [0.15, 0.2) is 46.9 Å². The Morgan fingerprint density at radius 2 is 1.88 bits per heavy atom. The molecule has 1 aliphatic rings. The van der Waals surface area contributed by atoms with Crippen LogP contribution in [0, 0.1) is 6.92 Å². The van der Waals surface area contributed by atoms with Crippen molar-refractivity contribution < 1.29 is 14.0 Å². The molecule has 0 atom stereocenters. The fourth-order valence-electron chi connectivity index (χ4n) is 2.77. The highest BCUT2D eigenvalue weighted by atomic mass is 35.5. The molecule has 0 spiro atoms. The number of hydrogen-bond donors (Lipinski definition) is 0. The summed E-state index contributed by atoms with van der Waals surface area (Å²) < 4.78 is 5.62. The number of ketones is 1. The molecule has 3 aromatic rings. The Kier molecular flexibility index (Phi) is 3.62. The Bertz CT molecular complexity index is 1010. The van der Waals surface area contributed by atoms with E-state index in [-0.39, 0.29) is 18.3 Å². The van der Waals surface area contributed by atoms with Gasteiger partial charge in [0.15, 0.2) is 0 Å². The van der Waals surface area contributed by atoms with E-state index in [9.17, 15) is 9.59 Å². The molecule has 0 unspecified atom stereocenters. The zero-order valence-corrected chi connectivity index (χ0v) is 13.9. The Morgan fingerprint density at radius 1 is 1.08 bits per heavy atom. The molecular formula is C18H12ClN3O3. The first-order chi connectivity index (χ1) is 12.0. The number of hydrogen-bond acceptors (Lipinski definition) is 5.